The van der Waals surface area contributed by atoms with E-state index in [0.29, 0.717) is 0 Å². The molecule has 0 fully saturated rings. The molecule has 0 amide bonds. The highest BCUT2D eigenvalue weighted by Gasteiger charge is 2.34. The van der Waals surface area contributed by atoms with Crippen LogP contribution in [0.1, 0.15) is 22.7 Å². The van der Waals surface area contributed by atoms with Gasteiger partial charge in [-0.25, -0.2) is 4.98 Å². The van der Waals surface area contributed by atoms with Gasteiger partial charge < -0.3 is 0 Å². The normalized spacial score (nSPS) is 12.9. The first-order chi connectivity index (χ1) is 33.2. The molecule has 67 heavy (non-hydrogen) atoms. The summed E-state index contributed by atoms with van der Waals surface area (Å²) in [5.74, 6) is 0.765. The summed E-state index contributed by atoms with van der Waals surface area (Å²) in [6.45, 7) is 0. The molecular weight excluding hydrogens is 835 g/mol. The third-order valence-electron chi connectivity index (χ3n) is 13.1. The summed E-state index contributed by atoms with van der Waals surface area (Å²) in [6, 6.07) is 81.6. The van der Waals surface area contributed by atoms with Crippen molar-refractivity contribution in [1.82, 2.24) is 24.7 Å². The average Bonchev–Trinajstić information content (AvgIpc) is 4.13. The van der Waals surface area contributed by atoms with Crippen molar-refractivity contribution in [3.63, 3.8) is 0 Å². The first kappa shape index (κ1) is 38.8. The molecule has 8 aromatic carbocycles. The van der Waals surface area contributed by atoms with Gasteiger partial charge in [0.2, 0.25) is 0 Å². The number of nitrogens with zero attached hydrogens (tertiary/aromatic N) is 5. The molecule has 0 radical (unpaired) electrons. The minimum atomic E-state index is -0.0750. The Morgan fingerprint density at radius 3 is 1.58 bits per heavy atom. The third-order valence-corrected chi connectivity index (χ3v) is 14.1. The Morgan fingerprint density at radius 2 is 0.881 bits per heavy atom. The van der Waals surface area contributed by atoms with Crippen LogP contribution < -0.4 is 0 Å². The highest BCUT2D eigenvalue weighted by molar-refractivity contribution is 7.18. The standard InChI is InChI=1S/C61H39N5S/c1-5-19-39(20-6-1)43-35-52(41-23-9-3-10-24-41)62-54(37-43)58-47-29-14-13-28-46(47)57-49(58)31-18-32-50(57)60-64-65-61(67-60)51-33-17-30-48-45-27-15-16-34-55(45)66(59(48)51)56-38-44(40-21-7-2-8-22-40)36-53(63-56)42-25-11-4-12-26-42/h1-38,58H. The first-order valence-electron chi connectivity index (χ1n) is 22.6. The van der Waals surface area contributed by atoms with Gasteiger partial charge in [0, 0.05) is 33.0 Å². The Balaban J connectivity index is 0.975. The zero-order valence-corrected chi connectivity index (χ0v) is 37.0. The summed E-state index contributed by atoms with van der Waals surface area (Å²) >= 11 is 1.63. The minimum absolute atomic E-state index is 0.0750. The monoisotopic (exact) mass is 873 g/mol. The van der Waals surface area contributed by atoms with E-state index in [1.165, 1.54) is 22.3 Å². The van der Waals surface area contributed by atoms with Crippen LogP contribution in [0.2, 0.25) is 0 Å². The highest BCUT2D eigenvalue weighted by Crippen LogP contribution is 2.52. The van der Waals surface area contributed by atoms with Gasteiger partial charge in [0.1, 0.15) is 15.8 Å². The number of rotatable bonds is 8. The number of hydrogen-bond donors (Lipinski definition) is 0. The van der Waals surface area contributed by atoms with E-state index in [9.17, 15) is 0 Å². The number of benzene rings is 8. The SMILES string of the molecule is c1ccc(-c2cc(-c3ccccc3)nc(C3c4ccccc4-c4c(-c5nnc(-c6cccc7c8ccccc8n(-c8cc(-c9ccccc9)cc(-c9ccccc9)n8)c67)s5)cccc43)c2)cc1. The van der Waals surface area contributed by atoms with E-state index in [1.807, 2.05) is 6.07 Å². The van der Waals surface area contributed by atoms with Crippen molar-refractivity contribution < 1.29 is 0 Å². The van der Waals surface area contributed by atoms with Crippen molar-refractivity contribution in [2.45, 2.75) is 5.92 Å². The fourth-order valence-electron chi connectivity index (χ4n) is 10.1. The lowest BCUT2D eigenvalue weighted by atomic mass is 9.90. The molecule has 1 atom stereocenters. The maximum absolute atomic E-state index is 5.45. The lowest BCUT2D eigenvalue weighted by Gasteiger charge is -2.17. The molecule has 0 aliphatic heterocycles. The summed E-state index contributed by atoms with van der Waals surface area (Å²) in [5.41, 5.74) is 18.6. The molecule has 1 unspecified atom stereocenters. The summed E-state index contributed by atoms with van der Waals surface area (Å²) in [7, 11) is 0. The predicted octanol–water partition coefficient (Wildman–Crippen LogP) is 15.6. The van der Waals surface area contributed by atoms with E-state index in [0.717, 1.165) is 99.2 Å². The van der Waals surface area contributed by atoms with Gasteiger partial charge in [-0.2, -0.15) is 0 Å². The zero-order chi connectivity index (χ0) is 44.3. The quantitative estimate of drug-likeness (QED) is 0.153. The second kappa shape index (κ2) is 16.1. The maximum atomic E-state index is 5.45. The van der Waals surface area contributed by atoms with Crippen LogP contribution in [0.25, 0.3) is 105 Å². The van der Waals surface area contributed by atoms with E-state index in [4.69, 9.17) is 20.2 Å². The Kier molecular flexibility index (Phi) is 9.36. The molecule has 0 saturated carbocycles. The molecule has 6 heteroatoms. The van der Waals surface area contributed by atoms with Gasteiger partial charge in [-0.15, -0.1) is 10.2 Å². The van der Waals surface area contributed by atoms with Crippen LogP contribution in [-0.4, -0.2) is 24.7 Å². The van der Waals surface area contributed by atoms with Gasteiger partial charge in [-0.05, 0) is 80.9 Å². The number of fused-ring (bicyclic) bond motifs is 6. The molecular formula is C61H39N5S. The van der Waals surface area contributed by atoms with E-state index < -0.39 is 0 Å². The summed E-state index contributed by atoms with van der Waals surface area (Å²) in [5, 5.41) is 14.0. The van der Waals surface area contributed by atoms with Gasteiger partial charge in [0.25, 0.3) is 0 Å². The van der Waals surface area contributed by atoms with Crippen molar-refractivity contribution in [3.05, 3.63) is 247 Å². The zero-order valence-electron chi connectivity index (χ0n) is 36.2. The smallest absolute Gasteiger partial charge is 0.150 e. The molecule has 13 rings (SSSR count). The van der Waals surface area contributed by atoms with E-state index in [2.05, 4.69) is 229 Å². The molecule has 4 aromatic heterocycles. The summed E-state index contributed by atoms with van der Waals surface area (Å²) in [4.78, 5) is 10.9. The number of aromatic nitrogens is 5. The van der Waals surface area contributed by atoms with E-state index >= 15 is 0 Å². The van der Waals surface area contributed by atoms with Crippen LogP contribution in [0.5, 0.6) is 0 Å². The Labute approximate surface area is 392 Å². The van der Waals surface area contributed by atoms with Crippen LogP contribution >= 0.6 is 11.3 Å². The Hall–Kier alpha value is -8.58. The Bertz CT molecular complexity index is 3690. The number of para-hydroxylation sites is 2. The van der Waals surface area contributed by atoms with Gasteiger partial charge >= 0.3 is 0 Å². The third kappa shape index (κ3) is 6.69. The Morgan fingerprint density at radius 1 is 0.373 bits per heavy atom. The molecule has 0 saturated heterocycles. The maximum Gasteiger partial charge on any atom is 0.150 e. The van der Waals surface area contributed by atoms with Gasteiger partial charge in [0.15, 0.2) is 0 Å². The largest absolute Gasteiger partial charge is 0.293 e. The molecule has 5 nitrogen and oxygen atoms in total. The van der Waals surface area contributed by atoms with Crippen molar-refractivity contribution in [2.24, 2.45) is 0 Å². The fraction of sp³-hybridized carbons (Fsp3) is 0.0164. The minimum Gasteiger partial charge on any atom is -0.293 e. The second-order valence-corrected chi connectivity index (χ2v) is 18.0. The fourth-order valence-corrected chi connectivity index (χ4v) is 11.0. The molecule has 4 heterocycles. The van der Waals surface area contributed by atoms with Gasteiger partial charge in [0.05, 0.1) is 34.0 Å². The van der Waals surface area contributed by atoms with Crippen molar-refractivity contribution in [2.75, 3.05) is 0 Å². The predicted molar refractivity (Wildman–Crippen MR) is 275 cm³/mol. The van der Waals surface area contributed by atoms with E-state index in [-0.39, 0.29) is 5.92 Å². The van der Waals surface area contributed by atoms with Gasteiger partial charge in [-0.1, -0.05) is 205 Å². The van der Waals surface area contributed by atoms with Crippen molar-refractivity contribution >= 4 is 33.1 Å². The lowest BCUT2D eigenvalue weighted by molar-refractivity contribution is 0.949. The molecule has 0 bridgehead atoms. The number of pyridine rings is 2. The van der Waals surface area contributed by atoms with Gasteiger partial charge in [-0.3, -0.25) is 9.55 Å². The highest BCUT2D eigenvalue weighted by atomic mass is 32.1. The van der Waals surface area contributed by atoms with Crippen LogP contribution in [0.4, 0.5) is 0 Å². The van der Waals surface area contributed by atoms with Crippen LogP contribution in [0.3, 0.4) is 0 Å². The van der Waals surface area contributed by atoms with Crippen molar-refractivity contribution in [3.8, 4) is 82.9 Å². The van der Waals surface area contributed by atoms with E-state index in [1.54, 1.807) is 11.3 Å². The molecule has 0 spiro atoms. The number of hydrogen-bond acceptors (Lipinski definition) is 5. The molecule has 314 valence electrons. The summed E-state index contributed by atoms with van der Waals surface area (Å²) in [6.07, 6.45) is 0. The second-order valence-electron chi connectivity index (χ2n) is 17.0. The molecule has 12 aromatic rings. The van der Waals surface area contributed by atoms with Crippen molar-refractivity contribution in [1.29, 1.82) is 0 Å². The van der Waals surface area contributed by atoms with Crippen LogP contribution in [0.15, 0.2) is 231 Å². The topological polar surface area (TPSA) is 56.5 Å². The molecule has 1 aliphatic rings. The average molecular weight is 874 g/mol. The first-order valence-corrected chi connectivity index (χ1v) is 23.4. The molecule has 1 aliphatic carbocycles. The summed E-state index contributed by atoms with van der Waals surface area (Å²) < 4.78 is 2.32. The van der Waals surface area contributed by atoms with Crippen LogP contribution in [-0.2, 0) is 0 Å². The van der Waals surface area contributed by atoms with Crippen LogP contribution in [0, 0.1) is 0 Å². The molecule has 0 N–H and O–H groups in total. The lowest BCUT2D eigenvalue weighted by Crippen LogP contribution is -2.04.